The summed E-state index contributed by atoms with van der Waals surface area (Å²) in [6.07, 6.45) is 4.58. The highest BCUT2D eigenvalue weighted by Gasteiger charge is 2.10. The number of hydrogen-bond acceptors (Lipinski definition) is 4. The average molecular weight is 344 g/mol. The highest BCUT2D eigenvalue weighted by molar-refractivity contribution is 5.89. The van der Waals surface area contributed by atoms with Crippen molar-refractivity contribution < 1.29 is 24.6 Å². The van der Waals surface area contributed by atoms with Crippen LogP contribution in [0.4, 0.5) is 0 Å². The fraction of sp³-hybridized carbons (Fsp3) is 0.706. The Morgan fingerprint density at radius 1 is 1.00 bits per heavy atom. The van der Waals surface area contributed by atoms with Gasteiger partial charge in [0.1, 0.15) is 0 Å². The molecule has 1 saturated heterocycles. The van der Waals surface area contributed by atoms with Crippen molar-refractivity contribution in [2.45, 2.75) is 47.0 Å². The molecule has 1 amide bonds. The number of aliphatic carboxylic acids is 2. The molecule has 0 bridgehead atoms. The summed E-state index contributed by atoms with van der Waals surface area (Å²) in [5.74, 6) is -1.76. The van der Waals surface area contributed by atoms with Gasteiger partial charge in [-0.15, -0.1) is 0 Å². The quantitative estimate of drug-likeness (QED) is 0.636. The molecule has 1 heterocycles. The van der Waals surface area contributed by atoms with Gasteiger partial charge in [-0.2, -0.15) is 0 Å². The fourth-order valence-corrected chi connectivity index (χ4v) is 1.82. The van der Waals surface area contributed by atoms with Crippen molar-refractivity contribution in [2.75, 3.05) is 26.2 Å². The van der Waals surface area contributed by atoms with Crippen molar-refractivity contribution in [3.8, 4) is 0 Å². The summed E-state index contributed by atoms with van der Waals surface area (Å²) in [6.45, 7) is 12.3. The Labute approximate surface area is 144 Å². The molecule has 0 saturated carbocycles. The van der Waals surface area contributed by atoms with Gasteiger partial charge >= 0.3 is 11.9 Å². The summed E-state index contributed by atoms with van der Waals surface area (Å²) >= 11 is 0. The molecule has 0 aromatic heterocycles. The topological polar surface area (TPSA) is 107 Å². The van der Waals surface area contributed by atoms with Gasteiger partial charge in [-0.25, -0.2) is 9.59 Å². The molecule has 0 radical (unpaired) electrons. The highest BCUT2D eigenvalue weighted by Crippen LogP contribution is 2.03. The van der Waals surface area contributed by atoms with E-state index in [1.807, 2.05) is 18.7 Å². The van der Waals surface area contributed by atoms with E-state index in [2.05, 4.69) is 19.2 Å². The SMILES string of the molecule is C1CCNC1.CCN(CC)C(=O)CC(C)C.O=C(O)/C=C/C(=O)O. The lowest BCUT2D eigenvalue weighted by Gasteiger charge is -2.19. The van der Waals surface area contributed by atoms with Crippen LogP contribution in [0.25, 0.3) is 0 Å². The normalized spacial score (nSPS) is 12.9. The van der Waals surface area contributed by atoms with Crippen LogP contribution in [0.3, 0.4) is 0 Å². The van der Waals surface area contributed by atoms with Crippen molar-refractivity contribution in [2.24, 2.45) is 5.92 Å². The number of carbonyl (C=O) groups excluding carboxylic acids is 1. The summed E-state index contributed by atoms with van der Waals surface area (Å²) in [4.78, 5) is 32.3. The third-order valence-corrected chi connectivity index (χ3v) is 3.02. The molecule has 1 fully saturated rings. The molecule has 24 heavy (non-hydrogen) atoms. The predicted octanol–water partition coefficient (Wildman–Crippen LogP) is 1.98. The maximum Gasteiger partial charge on any atom is 0.328 e. The Morgan fingerprint density at radius 3 is 1.62 bits per heavy atom. The number of carboxylic acids is 2. The first kappa shape index (κ1) is 24.4. The van der Waals surface area contributed by atoms with E-state index in [4.69, 9.17) is 10.2 Å². The average Bonchev–Trinajstić information content (AvgIpc) is 3.06. The lowest BCUT2D eigenvalue weighted by Crippen LogP contribution is -2.31. The molecule has 7 nitrogen and oxygen atoms in total. The van der Waals surface area contributed by atoms with Gasteiger partial charge in [0.2, 0.25) is 5.91 Å². The number of rotatable bonds is 6. The zero-order chi connectivity index (χ0) is 19.0. The van der Waals surface area contributed by atoms with E-state index in [-0.39, 0.29) is 5.91 Å². The second kappa shape index (κ2) is 16.0. The Kier molecular flexibility index (Phi) is 16.2. The largest absolute Gasteiger partial charge is 0.478 e. The minimum absolute atomic E-state index is 0.282. The van der Waals surface area contributed by atoms with Crippen LogP contribution >= 0.6 is 0 Å². The Morgan fingerprint density at radius 2 is 1.42 bits per heavy atom. The zero-order valence-electron chi connectivity index (χ0n) is 15.2. The molecule has 0 aliphatic carbocycles. The number of nitrogens with one attached hydrogen (secondary N) is 1. The van der Waals surface area contributed by atoms with Crippen molar-refractivity contribution in [1.82, 2.24) is 10.2 Å². The van der Waals surface area contributed by atoms with E-state index in [9.17, 15) is 14.4 Å². The van der Waals surface area contributed by atoms with Crippen molar-refractivity contribution in [1.29, 1.82) is 0 Å². The lowest BCUT2D eigenvalue weighted by molar-refractivity contribution is -0.134. The summed E-state index contributed by atoms with van der Waals surface area (Å²) < 4.78 is 0. The molecule has 140 valence electrons. The molecular formula is C17H32N2O5. The molecule has 0 aromatic carbocycles. The Balaban J connectivity index is 0. The first-order valence-corrected chi connectivity index (χ1v) is 8.36. The lowest BCUT2D eigenvalue weighted by atomic mass is 10.1. The van der Waals surface area contributed by atoms with E-state index in [0.29, 0.717) is 24.5 Å². The highest BCUT2D eigenvalue weighted by atomic mass is 16.4. The van der Waals surface area contributed by atoms with Crippen molar-refractivity contribution in [3.05, 3.63) is 12.2 Å². The first-order valence-electron chi connectivity index (χ1n) is 8.36. The third kappa shape index (κ3) is 18.2. The third-order valence-electron chi connectivity index (χ3n) is 3.02. The molecule has 3 N–H and O–H groups in total. The maximum absolute atomic E-state index is 11.3. The molecular weight excluding hydrogens is 312 g/mol. The summed E-state index contributed by atoms with van der Waals surface area (Å²) in [5.41, 5.74) is 0. The van der Waals surface area contributed by atoms with Gasteiger partial charge in [-0.05, 0) is 45.7 Å². The van der Waals surface area contributed by atoms with Crippen LogP contribution in [-0.4, -0.2) is 59.1 Å². The van der Waals surface area contributed by atoms with Gasteiger partial charge in [0, 0.05) is 31.7 Å². The maximum atomic E-state index is 11.3. The summed E-state index contributed by atoms with van der Waals surface area (Å²) in [6, 6.07) is 0. The van der Waals surface area contributed by atoms with Crippen LogP contribution < -0.4 is 5.32 Å². The molecule has 0 unspecified atom stereocenters. The molecule has 1 rings (SSSR count). The smallest absolute Gasteiger partial charge is 0.328 e. The molecule has 7 heteroatoms. The van der Waals surface area contributed by atoms with E-state index < -0.39 is 11.9 Å². The molecule has 0 spiro atoms. The van der Waals surface area contributed by atoms with Crippen LogP contribution in [0.5, 0.6) is 0 Å². The van der Waals surface area contributed by atoms with Gasteiger partial charge in [-0.3, -0.25) is 4.79 Å². The van der Waals surface area contributed by atoms with Gasteiger partial charge in [-0.1, -0.05) is 13.8 Å². The Bertz CT molecular complexity index is 363. The zero-order valence-corrected chi connectivity index (χ0v) is 15.2. The van der Waals surface area contributed by atoms with Crippen LogP contribution in [0.1, 0.15) is 47.0 Å². The standard InChI is InChI=1S/C9H19NO.C4H9N.C4H4O4/c1-5-10(6-2)9(11)7-8(3)4;1-2-4-5-3-1;5-3(6)1-2-4(7)8/h8H,5-7H2,1-4H3;5H,1-4H2;1-2H,(H,5,6)(H,7,8)/b;;2-1+. The summed E-state index contributed by atoms with van der Waals surface area (Å²) in [5, 5.41) is 18.8. The van der Waals surface area contributed by atoms with Crippen LogP contribution in [0.15, 0.2) is 12.2 Å². The number of amides is 1. The van der Waals surface area contributed by atoms with E-state index in [1.165, 1.54) is 25.9 Å². The first-order chi connectivity index (χ1) is 11.2. The second-order valence-corrected chi connectivity index (χ2v) is 5.63. The van der Waals surface area contributed by atoms with Crippen LogP contribution in [0.2, 0.25) is 0 Å². The minimum Gasteiger partial charge on any atom is -0.478 e. The molecule has 0 atom stereocenters. The van der Waals surface area contributed by atoms with Gasteiger partial charge in [0.05, 0.1) is 0 Å². The van der Waals surface area contributed by atoms with E-state index in [0.717, 1.165) is 13.1 Å². The minimum atomic E-state index is -1.26. The van der Waals surface area contributed by atoms with Gasteiger partial charge in [0.15, 0.2) is 0 Å². The second-order valence-electron chi connectivity index (χ2n) is 5.63. The number of nitrogens with zero attached hydrogens (tertiary/aromatic N) is 1. The Hall–Kier alpha value is -1.89. The number of carbonyl (C=O) groups is 3. The number of hydrogen-bond donors (Lipinski definition) is 3. The fourth-order valence-electron chi connectivity index (χ4n) is 1.82. The summed E-state index contributed by atoms with van der Waals surface area (Å²) in [7, 11) is 0. The molecule has 1 aliphatic heterocycles. The van der Waals surface area contributed by atoms with E-state index in [1.54, 1.807) is 0 Å². The molecule has 0 aromatic rings. The van der Waals surface area contributed by atoms with E-state index >= 15 is 0 Å². The molecule has 1 aliphatic rings. The monoisotopic (exact) mass is 344 g/mol. The van der Waals surface area contributed by atoms with Crippen LogP contribution in [-0.2, 0) is 14.4 Å². The predicted molar refractivity (Wildman–Crippen MR) is 93.9 cm³/mol. The van der Waals surface area contributed by atoms with Crippen molar-refractivity contribution >= 4 is 17.8 Å². The number of carboxylic acid groups (broad SMARTS) is 2. The van der Waals surface area contributed by atoms with Gasteiger partial charge in [0.25, 0.3) is 0 Å². The van der Waals surface area contributed by atoms with Crippen molar-refractivity contribution in [3.63, 3.8) is 0 Å². The van der Waals surface area contributed by atoms with Crippen LogP contribution in [0, 0.1) is 5.92 Å². The van der Waals surface area contributed by atoms with Gasteiger partial charge < -0.3 is 20.4 Å².